The van der Waals surface area contributed by atoms with Crippen LogP contribution in [0.4, 0.5) is 0 Å². The van der Waals surface area contributed by atoms with Gasteiger partial charge in [-0.25, -0.2) is 0 Å². The molecule has 1 aromatic rings. The summed E-state index contributed by atoms with van der Waals surface area (Å²) in [5, 5.41) is 0. The van der Waals surface area contributed by atoms with E-state index in [4.69, 9.17) is 4.98 Å². The normalized spacial score (nSPS) is 20.4. The predicted octanol–water partition coefficient (Wildman–Crippen LogP) is 3.82. The molecule has 2 rings (SSSR count). The Morgan fingerprint density at radius 2 is 2.07 bits per heavy atom. The van der Waals surface area contributed by atoms with Gasteiger partial charge in [0, 0.05) is 22.7 Å². The zero-order chi connectivity index (χ0) is 11.1. The van der Waals surface area contributed by atoms with E-state index in [-0.39, 0.29) is 5.41 Å². The number of aryl methyl sites for hydroxylation is 1. The highest BCUT2D eigenvalue weighted by atomic mass is 14.8. The van der Waals surface area contributed by atoms with Gasteiger partial charge >= 0.3 is 0 Å². The molecule has 0 N–H and O–H groups in total. The molecule has 0 saturated heterocycles. The molecule has 1 aromatic heterocycles. The van der Waals surface area contributed by atoms with Crippen LogP contribution < -0.4 is 0 Å². The maximum absolute atomic E-state index is 4.88. The van der Waals surface area contributed by atoms with Crippen LogP contribution in [0.2, 0.25) is 0 Å². The summed E-state index contributed by atoms with van der Waals surface area (Å²) in [4.78, 5) is 4.88. The third-order valence-corrected chi connectivity index (χ3v) is 3.42. The third-order valence-electron chi connectivity index (χ3n) is 3.42. The Bertz CT molecular complexity index is 360. The number of nitrogens with zero attached hydrogens (tertiary/aromatic N) is 1. The van der Waals surface area contributed by atoms with Crippen molar-refractivity contribution >= 4 is 0 Å². The van der Waals surface area contributed by atoms with Gasteiger partial charge in [0.2, 0.25) is 0 Å². The minimum Gasteiger partial charge on any atom is -0.257 e. The van der Waals surface area contributed by atoms with Crippen molar-refractivity contribution in [3.05, 3.63) is 29.1 Å². The molecule has 1 aliphatic carbocycles. The molecule has 0 fully saturated rings. The average molecular weight is 203 g/mol. The summed E-state index contributed by atoms with van der Waals surface area (Å²) in [6.07, 6.45) is 3.76. The van der Waals surface area contributed by atoms with E-state index in [2.05, 4.69) is 39.8 Å². The minimum atomic E-state index is 0.176. The molecule has 1 nitrogen and oxygen atoms in total. The molecule has 0 aliphatic heterocycles. The van der Waals surface area contributed by atoms with E-state index in [9.17, 15) is 0 Å². The quantitative estimate of drug-likeness (QED) is 0.676. The van der Waals surface area contributed by atoms with Crippen LogP contribution in [0.3, 0.4) is 0 Å². The largest absolute Gasteiger partial charge is 0.257 e. The summed E-state index contributed by atoms with van der Waals surface area (Å²) in [6.45, 7) is 8.97. The first-order chi connectivity index (χ1) is 7.02. The van der Waals surface area contributed by atoms with Gasteiger partial charge in [0.25, 0.3) is 0 Å². The second kappa shape index (κ2) is 3.62. The highest BCUT2D eigenvalue weighted by Gasteiger charge is 2.25. The Balaban J connectivity index is 2.41. The van der Waals surface area contributed by atoms with Gasteiger partial charge < -0.3 is 0 Å². The van der Waals surface area contributed by atoms with Crippen molar-refractivity contribution in [1.29, 1.82) is 0 Å². The molecule has 1 atom stereocenters. The van der Waals surface area contributed by atoms with Crippen LogP contribution in [0.5, 0.6) is 0 Å². The fraction of sp³-hybridized carbons (Fsp3) is 0.643. The summed E-state index contributed by atoms with van der Waals surface area (Å²) < 4.78 is 0. The maximum atomic E-state index is 4.88. The lowest BCUT2D eigenvalue weighted by molar-refractivity contribution is 0.558. The molecule has 0 radical (unpaired) electrons. The van der Waals surface area contributed by atoms with Crippen LogP contribution in [0.25, 0.3) is 0 Å². The van der Waals surface area contributed by atoms with Gasteiger partial charge in [0.05, 0.1) is 0 Å². The maximum Gasteiger partial charge on any atom is 0.0470 e. The van der Waals surface area contributed by atoms with Crippen molar-refractivity contribution in [2.24, 2.45) is 0 Å². The minimum absolute atomic E-state index is 0.176. The van der Waals surface area contributed by atoms with Crippen molar-refractivity contribution in [3.8, 4) is 0 Å². The molecule has 0 bridgehead atoms. The molecule has 0 aromatic carbocycles. The number of fused-ring (bicyclic) bond motifs is 1. The van der Waals surface area contributed by atoms with E-state index in [0.29, 0.717) is 5.92 Å². The molecular formula is C14H21N. The van der Waals surface area contributed by atoms with Crippen LogP contribution in [0, 0.1) is 0 Å². The Morgan fingerprint density at radius 1 is 1.33 bits per heavy atom. The number of aromatic nitrogens is 1. The molecule has 1 unspecified atom stereocenters. The molecule has 0 amide bonds. The van der Waals surface area contributed by atoms with Gasteiger partial charge in [-0.1, -0.05) is 33.8 Å². The predicted molar refractivity (Wildman–Crippen MR) is 64.3 cm³/mol. The molecule has 0 saturated carbocycles. The number of hydrogen-bond acceptors (Lipinski definition) is 1. The Morgan fingerprint density at radius 3 is 2.67 bits per heavy atom. The summed E-state index contributed by atoms with van der Waals surface area (Å²) in [5.74, 6) is 0.710. The monoisotopic (exact) mass is 203 g/mol. The summed E-state index contributed by atoms with van der Waals surface area (Å²) >= 11 is 0. The fourth-order valence-electron chi connectivity index (χ4n) is 2.35. The topological polar surface area (TPSA) is 12.9 Å². The second-order valence-corrected chi connectivity index (χ2v) is 5.63. The molecule has 82 valence electrons. The molecule has 1 aliphatic rings. The first-order valence-electron chi connectivity index (χ1n) is 6.02. The van der Waals surface area contributed by atoms with Crippen LogP contribution in [-0.2, 0) is 11.8 Å². The summed E-state index contributed by atoms with van der Waals surface area (Å²) in [7, 11) is 0. The zero-order valence-electron chi connectivity index (χ0n) is 10.3. The zero-order valence-corrected chi connectivity index (χ0v) is 10.3. The van der Waals surface area contributed by atoms with Gasteiger partial charge in [-0.2, -0.15) is 0 Å². The molecule has 0 spiro atoms. The SMILES string of the molecule is CCC1CCc2ccc(C(C)(C)C)nc21. The van der Waals surface area contributed by atoms with Crippen LogP contribution >= 0.6 is 0 Å². The van der Waals surface area contributed by atoms with Crippen LogP contribution in [0.1, 0.15) is 63.4 Å². The van der Waals surface area contributed by atoms with Crippen LogP contribution in [0.15, 0.2) is 12.1 Å². The van der Waals surface area contributed by atoms with Crippen molar-refractivity contribution in [3.63, 3.8) is 0 Å². The second-order valence-electron chi connectivity index (χ2n) is 5.63. The van der Waals surface area contributed by atoms with Crippen molar-refractivity contribution in [2.75, 3.05) is 0 Å². The first kappa shape index (κ1) is 10.7. The number of rotatable bonds is 1. The van der Waals surface area contributed by atoms with E-state index < -0.39 is 0 Å². The Kier molecular flexibility index (Phi) is 2.57. The lowest BCUT2D eigenvalue weighted by Gasteiger charge is -2.19. The third kappa shape index (κ3) is 1.92. The fourth-order valence-corrected chi connectivity index (χ4v) is 2.35. The highest BCUT2D eigenvalue weighted by molar-refractivity contribution is 5.32. The number of pyridine rings is 1. The van der Waals surface area contributed by atoms with Crippen LogP contribution in [-0.4, -0.2) is 4.98 Å². The van der Waals surface area contributed by atoms with Crippen molar-refractivity contribution in [2.45, 2.75) is 58.3 Å². The van der Waals surface area contributed by atoms with E-state index in [0.717, 1.165) is 0 Å². The Hall–Kier alpha value is -0.850. The average Bonchev–Trinajstić information content (AvgIpc) is 2.57. The van der Waals surface area contributed by atoms with Gasteiger partial charge in [-0.05, 0) is 30.9 Å². The summed E-state index contributed by atoms with van der Waals surface area (Å²) in [6, 6.07) is 4.50. The molecular weight excluding hydrogens is 182 g/mol. The van der Waals surface area contributed by atoms with E-state index in [1.807, 2.05) is 0 Å². The molecule has 15 heavy (non-hydrogen) atoms. The van der Waals surface area contributed by atoms with E-state index in [1.54, 1.807) is 0 Å². The lowest BCUT2D eigenvalue weighted by atomic mass is 9.90. The van der Waals surface area contributed by atoms with Gasteiger partial charge in [0.1, 0.15) is 0 Å². The Labute approximate surface area is 92.9 Å². The van der Waals surface area contributed by atoms with Crippen molar-refractivity contribution < 1.29 is 0 Å². The molecule has 1 heterocycles. The van der Waals surface area contributed by atoms with Crippen molar-refractivity contribution in [1.82, 2.24) is 4.98 Å². The lowest BCUT2D eigenvalue weighted by Crippen LogP contribution is -2.14. The number of hydrogen-bond donors (Lipinski definition) is 0. The van der Waals surface area contributed by atoms with Gasteiger partial charge in [0.15, 0.2) is 0 Å². The standard InChI is InChI=1S/C14H21N/c1-5-10-6-7-11-8-9-12(14(2,3)4)15-13(10)11/h8-10H,5-7H2,1-4H3. The van der Waals surface area contributed by atoms with E-state index in [1.165, 1.54) is 36.2 Å². The smallest absolute Gasteiger partial charge is 0.0470 e. The highest BCUT2D eigenvalue weighted by Crippen LogP contribution is 2.35. The first-order valence-corrected chi connectivity index (χ1v) is 6.02. The summed E-state index contributed by atoms with van der Waals surface area (Å²) in [5.41, 5.74) is 4.27. The molecule has 1 heteroatoms. The van der Waals surface area contributed by atoms with Gasteiger partial charge in [-0.3, -0.25) is 4.98 Å². The van der Waals surface area contributed by atoms with E-state index >= 15 is 0 Å². The van der Waals surface area contributed by atoms with Gasteiger partial charge in [-0.15, -0.1) is 0 Å².